The first kappa shape index (κ1) is 14.1. The van der Waals surface area contributed by atoms with Gasteiger partial charge in [0.2, 0.25) is 0 Å². The van der Waals surface area contributed by atoms with Crippen LogP contribution in [0.25, 0.3) is 11.0 Å². The molecular weight excluding hydrogens is 280 g/mol. The van der Waals surface area contributed by atoms with E-state index in [0.717, 1.165) is 0 Å². The first-order chi connectivity index (χ1) is 10.6. The second-order valence-electron chi connectivity index (χ2n) is 5.16. The Bertz CT molecular complexity index is 885. The van der Waals surface area contributed by atoms with Crippen LogP contribution >= 0.6 is 0 Å². The summed E-state index contributed by atoms with van der Waals surface area (Å²) in [5.41, 5.74) is 0.291. The van der Waals surface area contributed by atoms with Crippen LogP contribution in [0.1, 0.15) is 15.9 Å². The van der Waals surface area contributed by atoms with Crippen molar-refractivity contribution in [1.82, 2.24) is 0 Å². The molecule has 0 amide bonds. The molecule has 0 saturated heterocycles. The Hall–Kier alpha value is -2.88. The summed E-state index contributed by atoms with van der Waals surface area (Å²) in [4.78, 5) is 24.0. The number of aromatic hydroxyl groups is 1. The standard InChI is InChI=1S/C18H14O4/c1-11-10-16(21)22-18-13(11)7-9-15(20)17(18)14(19)8-6-12-4-2-3-5-12/h2-10,12,20H,1H3/b8-6+. The Morgan fingerprint density at radius 1 is 1.27 bits per heavy atom. The fourth-order valence-corrected chi connectivity index (χ4v) is 2.47. The maximum absolute atomic E-state index is 12.4. The average molecular weight is 294 g/mol. The Labute approximate surface area is 126 Å². The lowest BCUT2D eigenvalue weighted by atomic mass is 10.0. The van der Waals surface area contributed by atoms with Crippen molar-refractivity contribution in [1.29, 1.82) is 0 Å². The van der Waals surface area contributed by atoms with Crippen molar-refractivity contribution in [2.75, 3.05) is 0 Å². The Balaban J connectivity index is 2.11. The molecule has 4 heteroatoms. The predicted octanol–water partition coefficient (Wildman–Crippen LogP) is 3.29. The van der Waals surface area contributed by atoms with Gasteiger partial charge in [0.25, 0.3) is 0 Å². The quantitative estimate of drug-likeness (QED) is 0.536. The second kappa shape index (κ2) is 5.48. The van der Waals surface area contributed by atoms with Gasteiger partial charge in [-0.05, 0) is 30.7 Å². The van der Waals surface area contributed by atoms with Crippen molar-refractivity contribution in [2.45, 2.75) is 6.92 Å². The summed E-state index contributed by atoms with van der Waals surface area (Å²) >= 11 is 0. The van der Waals surface area contributed by atoms with E-state index in [0.29, 0.717) is 10.9 Å². The van der Waals surface area contributed by atoms with E-state index in [4.69, 9.17) is 4.42 Å². The van der Waals surface area contributed by atoms with Crippen molar-refractivity contribution < 1.29 is 14.3 Å². The van der Waals surface area contributed by atoms with Gasteiger partial charge in [-0.3, -0.25) is 4.79 Å². The zero-order chi connectivity index (χ0) is 15.7. The number of allylic oxidation sites excluding steroid dienone is 6. The van der Waals surface area contributed by atoms with Gasteiger partial charge in [0, 0.05) is 17.4 Å². The van der Waals surface area contributed by atoms with E-state index in [1.54, 1.807) is 19.1 Å². The van der Waals surface area contributed by atoms with Crippen molar-refractivity contribution in [3.05, 3.63) is 76.2 Å². The summed E-state index contributed by atoms with van der Waals surface area (Å²) in [7, 11) is 0. The number of rotatable bonds is 3. The van der Waals surface area contributed by atoms with E-state index in [2.05, 4.69) is 0 Å². The summed E-state index contributed by atoms with van der Waals surface area (Å²) < 4.78 is 5.15. The molecule has 0 unspecified atom stereocenters. The number of hydrogen-bond acceptors (Lipinski definition) is 4. The molecule has 1 aromatic heterocycles. The number of ketones is 1. The van der Waals surface area contributed by atoms with Gasteiger partial charge in [0.05, 0.1) is 0 Å². The molecule has 0 spiro atoms. The van der Waals surface area contributed by atoms with Gasteiger partial charge in [0.1, 0.15) is 11.3 Å². The number of benzene rings is 1. The molecule has 1 heterocycles. The molecule has 0 atom stereocenters. The number of phenolic OH excluding ortho intramolecular Hbond substituents is 1. The van der Waals surface area contributed by atoms with Gasteiger partial charge < -0.3 is 9.52 Å². The monoisotopic (exact) mass is 294 g/mol. The minimum absolute atomic E-state index is 0.0144. The molecule has 1 aliphatic carbocycles. The maximum atomic E-state index is 12.4. The van der Waals surface area contributed by atoms with Gasteiger partial charge in [0.15, 0.2) is 11.4 Å². The fourth-order valence-electron chi connectivity index (χ4n) is 2.47. The highest BCUT2D eigenvalue weighted by atomic mass is 16.4. The Kier molecular flexibility index (Phi) is 3.51. The van der Waals surface area contributed by atoms with Crippen LogP contribution in [0.2, 0.25) is 0 Å². The second-order valence-corrected chi connectivity index (χ2v) is 5.16. The molecule has 0 bridgehead atoms. The number of carbonyl (C=O) groups excluding carboxylic acids is 1. The molecule has 110 valence electrons. The molecule has 0 aliphatic heterocycles. The topological polar surface area (TPSA) is 67.5 Å². The third-order valence-electron chi connectivity index (χ3n) is 3.59. The largest absolute Gasteiger partial charge is 0.507 e. The van der Waals surface area contributed by atoms with Gasteiger partial charge in [-0.1, -0.05) is 30.4 Å². The highest BCUT2D eigenvalue weighted by Gasteiger charge is 2.17. The molecule has 4 nitrogen and oxygen atoms in total. The van der Waals surface area contributed by atoms with Crippen molar-refractivity contribution in [2.24, 2.45) is 5.92 Å². The van der Waals surface area contributed by atoms with E-state index in [9.17, 15) is 14.7 Å². The molecule has 22 heavy (non-hydrogen) atoms. The van der Waals surface area contributed by atoms with E-state index >= 15 is 0 Å². The molecule has 0 saturated carbocycles. The zero-order valence-corrected chi connectivity index (χ0v) is 11.9. The lowest BCUT2D eigenvalue weighted by Crippen LogP contribution is -2.03. The van der Waals surface area contributed by atoms with Crippen LogP contribution in [-0.4, -0.2) is 10.9 Å². The summed E-state index contributed by atoms with van der Waals surface area (Å²) in [6.45, 7) is 1.76. The highest BCUT2D eigenvalue weighted by molar-refractivity contribution is 6.14. The first-order valence-electron chi connectivity index (χ1n) is 6.90. The molecular formula is C18H14O4. The number of phenols is 1. The normalized spacial score (nSPS) is 14.4. The van der Waals surface area contributed by atoms with E-state index in [1.165, 1.54) is 18.2 Å². The molecule has 0 fully saturated rings. The van der Waals surface area contributed by atoms with E-state index < -0.39 is 11.4 Å². The number of fused-ring (bicyclic) bond motifs is 1. The van der Waals surface area contributed by atoms with Gasteiger partial charge in [-0.2, -0.15) is 0 Å². The van der Waals surface area contributed by atoms with Crippen LogP contribution in [0, 0.1) is 12.8 Å². The van der Waals surface area contributed by atoms with Crippen LogP contribution in [0.4, 0.5) is 0 Å². The average Bonchev–Trinajstić information content (AvgIpc) is 2.97. The summed E-state index contributed by atoms with van der Waals surface area (Å²) in [5, 5.41) is 10.6. The molecule has 1 aliphatic rings. The van der Waals surface area contributed by atoms with Crippen molar-refractivity contribution in [3.8, 4) is 5.75 Å². The highest BCUT2D eigenvalue weighted by Crippen LogP contribution is 2.29. The van der Waals surface area contributed by atoms with Crippen LogP contribution < -0.4 is 5.63 Å². The van der Waals surface area contributed by atoms with E-state index in [1.807, 2.05) is 24.3 Å². The van der Waals surface area contributed by atoms with E-state index in [-0.39, 0.29) is 22.8 Å². The predicted molar refractivity (Wildman–Crippen MR) is 84.1 cm³/mol. The minimum atomic E-state index is -0.546. The Morgan fingerprint density at radius 2 is 2.00 bits per heavy atom. The van der Waals surface area contributed by atoms with Crippen LogP contribution in [-0.2, 0) is 0 Å². The maximum Gasteiger partial charge on any atom is 0.336 e. The zero-order valence-electron chi connectivity index (χ0n) is 11.9. The molecule has 2 aromatic rings. The van der Waals surface area contributed by atoms with Crippen molar-refractivity contribution in [3.63, 3.8) is 0 Å². The first-order valence-corrected chi connectivity index (χ1v) is 6.90. The smallest absolute Gasteiger partial charge is 0.336 e. The molecule has 1 aromatic carbocycles. The number of aryl methyl sites for hydroxylation is 1. The fraction of sp³-hybridized carbons (Fsp3) is 0.111. The number of carbonyl (C=O) groups is 1. The Morgan fingerprint density at radius 3 is 2.73 bits per heavy atom. The summed E-state index contributed by atoms with van der Waals surface area (Å²) in [5.74, 6) is -0.534. The third-order valence-corrected chi connectivity index (χ3v) is 3.59. The van der Waals surface area contributed by atoms with Crippen LogP contribution in [0.5, 0.6) is 5.75 Å². The molecule has 0 radical (unpaired) electrons. The summed E-state index contributed by atoms with van der Waals surface area (Å²) in [6.07, 6.45) is 10.8. The molecule has 3 rings (SSSR count). The lowest BCUT2D eigenvalue weighted by Gasteiger charge is -2.06. The third kappa shape index (κ3) is 2.51. The van der Waals surface area contributed by atoms with Crippen LogP contribution in [0.3, 0.4) is 0 Å². The van der Waals surface area contributed by atoms with Crippen molar-refractivity contribution >= 4 is 16.8 Å². The summed E-state index contributed by atoms with van der Waals surface area (Å²) in [6, 6.07) is 4.43. The number of hydrogen-bond donors (Lipinski definition) is 1. The van der Waals surface area contributed by atoms with Gasteiger partial charge in [-0.15, -0.1) is 0 Å². The van der Waals surface area contributed by atoms with Crippen LogP contribution in [0.15, 0.2) is 63.9 Å². The molecule has 1 N–H and O–H groups in total. The minimum Gasteiger partial charge on any atom is -0.507 e. The van der Waals surface area contributed by atoms with Gasteiger partial charge >= 0.3 is 5.63 Å². The lowest BCUT2D eigenvalue weighted by molar-refractivity contribution is 0.104. The SMILES string of the molecule is Cc1cc(=O)oc2c(C(=O)/C=C/C3C=CC=C3)c(O)ccc12. The van der Waals surface area contributed by atoms with Gasteiger partial charge in [-0.25, -0.2) is 4.79 Å².